The molecule has 0 aliphatic heterocycles. The number of benzene rings is 1. The van der Waals surface area contributed by atoms with Crippen molar-refractivity contribution in [2.75, 3.05) is 5.33 Å². The lowest BCUT2D eigenvalue weighted by Crippen LogP contribution is -1.97. The molecule has 0 amide bonds. The molecular weight excluding hydrogens is 284 g/mol. The van der Waals surface area contributed by atoms with Gasteiger partial charge in [0.1, 0.15) is 0 Å². The van der Waals surface area contributed by atoms with Crippen molar-refractivity contribution < 1.29 is 14.3 Å². The number of hydrogen-bond acceptors (Lipinski definition) is 2. The van der Waals surface area contributed by atoms with Gasteiger partial charge >= 0.3 is 5.97 Å². The van der Waals surface area contributed by atoms with Gasteiger partial charge in [-0.05, 0) is 36.2 Å². The molecule has 0 unspecified atom stereocenters. The zero-order valence-corrected chi connectivity index (χ0v) is 10.8. The smallest absolute Gasteiger partial charge is 0.335 e. The number of hydrogen-bond donors (Lipinski definition) is 1. The fourth-order valence-electron chi connectivity index (χ4n) is 1.20. The molecule has 0 saturated carbocycles. The van der Waals surface area contributed by atoms with Crippen LogP contribution in [0.15, 0.2) is 53.3 Å². The number of carbonyl (C=O) groups is 1. The van der Waals surface area contributed by atoms with E-state index in [1.807, 2.05) is 18.2 Å². The molecule has 0 aliphatic rings. The second kappa shape index (κ2) is 7.68. The summed E-state index contributed by atoms with van der Waals surface area (Å²) in [6, 6.07) is 10.7. The molecule has 4 heteroatoms. The van der Waals surface area contributed by atoms with Gasteiger partial charge in [0, 0.05) is 5.33 Å². The van der Waals surface area contributed by atoms with Crippen molar-refractivity contribution in [2.24, 2.45) is 0 Å². The molecule has 2 rings (SSSR count). The van der Waals surface area contributed by atoms with Crippen LogP contribution in [0, 0.1) is 0 Å². The number of halogens is 1. The van der Waals surface area contributed by atoms with Gasteiger partial charge in [0.2, 0.25) is 0 Å². The Morgan fingerprint density at radius 3 is 2.41 bits per heavy atom. The Hall–Kier alpha value is -1.55. The lowest BCUT2D eigenvalue weighted by atomic mass is 10.1. The maximum Gasteiger partial charge on any atom is 0.335 e. The summed E-state index contributed by atoms with van der Waals surface area (Å²) in [5.74, 6) is -0.869. The molecule has 0 spiro atoms. The molecule has 1 aromatic heterocycles. The van der Waals surface area contributed by atoms with Gasteiger partial charge in [0.15, 0.2) is 0 Å². The third-order valence-electron chi connectivity index (χ3n) is 1.98. The summed E-state index contributed by atoms with van der Waals surface area (Å²) in [7, 11) is 0. The normalized spacial score (nSPS) is 9.24. The zero-order chi connectivity index (χ0) is 12.5. The number of carboxylic acid groups (broad SMARTS) is 1. The van der Waals surface area contributed by atoms with E-state index >= 15 is 0 Å². The highest BCUT2D eigenvalue weighted by Gasteiger charge is 2.01. The Balaban J connectivity index is 0.000000239. The van der Waals surface area contributed by atoms with E-state index < -0.39 is 5.97 Å². The lowest BCUT2D eigenvalue weighted by Gasteiger charge is -1.98. The van der Waals surface area contributed by atoms with E-state index in [4.69, 9.17) is 5.11 Å². The van der Waals surface area contributed by atoms with Crippen LogP contribution >= 0.6 is 15.9 Å². The van der Waals surface area contributed by atoms with Crippen LogP contribution in [-0.4, -0.2) is 16.4 Å². The predicted octanol–water partition coefficient (Wildman–Crippen LogP) is 3.60. The van der Waals surface area contributed by atoms with E-state index in [9.17, 15) is 4.79 Å². The highest BCUT2D eigenvalue weighted by atomic mass is 79.9. The van der Waals surface area contributed by atoms with Gasteiger partial charge in [-0.1, -0.05) is 28.1 Å². The third-order valence-corrected chi connectivity index (χ3v) is 2.38. The van der Waals surface area contributed by atoms with Crippen molar-refractivity contribution in [1.82, 2.24) is 0 Å². The van der Waals surface area contributed by atoms with Gasteiger partial charge in [-0.2, -0.15) is 0 Å². The maximum absolute atomic E-state index is 10.5. The fourth-order valence-corrected chi connectivity index (χ4v) is 1.65. The molecule has 0 bridgehead atoms. The van der Waals surface area contributed by atoms with Gasteiger partial charge in [-0.3, -0.25) is 0 Å². The number of carboxylic acids is 1. The Morgan fingerprint density at radius 2 is 1.94 bits per heavy atom. The first-order valence-electron chi connectivity index (χ1n) is 5.09. The van der Waals surface area contributed by atoms with Crippen LogP contribution in [0.1, 0.15) is 15.9 Å². The Labute approximate surface area is 108 Å². The molecule has 0 aliphatic carbocycles. The molecule has 2 aromatic rings. The van der Waals surface area contributed by atoms with Crippen molar-refractivity contribution in [3.05, 3.63) is 60.1 Å². The van der Waals surface area contributed by atoms with Gasteiger partial charge in [0.05, 0.1) is 18.1 Å². The van der Waals surface area contributed by atoms with Crippen LogP contribution in [-0.2, 0) is 6.42 Å². The minimum atomic E-state index is -0.869. The van der Waals surface area contributed by atoms with Crippen LogP contribution in [0.2, 0.25) is 0 Å². The summed E-state index contributed by atoms with van der Waals surface area (Å²) in [6.45, 7) is 0. The van der Waals surface area contributed by atoms with E-state index in [1.165, 1.54) is 0 Å². The van der Waals surface area contributed by atoms with E-state index in [0.29, 0.717) is 5.56 Å². The number of furan rings is 1. The van der Waals surface area contributed by atoms with Gasteiger partial charge in [-0.15, -0.1) is 0 Å². The molecule has 17 heavy (non-hydrogen) atoms. The monoisotopic (exact) mass is 296 g/mol. The highest BCUT2D eigenvalue weighted by Crippen LogP contribution is 2.06. The summed E-state index contributed by atoms with van der Waals surface area (Å²) in [5.41, 5.74) is 1.40. The van der Waals surface area contributed by atoms with Crippen molar-refractivity contribution in [2.45, 2.75) is 6.42 Å². The summed E-state index contributed by atoms with van der Waals surface area (Å²) in [5, 5.41) is 9.52. The van der Waals surface area contributed by atoms with Crippen LogP contribution in [0.4, 0.5) is 0 Å². The van der Waals surface area contributed by atoms with Crippen LogP contribution in [0.25, 0.3) is 0 Å². The summed E-state index contributed by atoms with van der Waals surface area (Å²) in [6.07, 6.45) is 4.11. The van der Waals surface area contributed by atoms with Crippen molar-refractivity contribution in [1.29, 1.82) is 0 Å². The number of aryl methyl sites for hydroxylation is 1. The molecular formula is C13H13BrO3. The SMILES string of the molecule is O=C(O)c1cccc(CCBr)c1.c1ccoc1. The van der Waals surface area contributed by atoms with E-state index in [0.717, 1.165) is 17.3 Å². The van der Waals surface area contributed by atoms with Crippen LogP contribution in [0.3, 0.4) is 0 Å². The topological polar surface area (TPSA) is 50.4 Å². The first-order valence-corrected chi connectivity index (χ1v) is 6.21. The Bertz CT molecular complexity index is 420. The molecule has 0 saturated heterocycles. The largest absolute Gasteiger partial charge is 0.478 e. The standard InChI is InChI=1S/C9H9BrO2.C4H4O/c10-5-4-7-2-1-3-8(6-7)9(11)12;1-2-4-5-3-1/h1-3,6H,4-5H2,(H,11,12);1-4H. The van der Waals surface area contributed by atoms with E-state index in [2.05, 4.69) is 20.3 Å². The number of rotatable bonds is 3. The molecule has 1 N–H and O–H groups in total. The third kappa shape index (κ3) is 5.36. The lowest BCUT2D eigenvalue weighted by molar-refractivity contribution is 0.0697. The fraction of sp³-hybridized carbons (Fsp3) is 0.154. The first-order chi connectivity index (χ1) is 8.24. The second-order valence-electron chi connectivity index (χ2n) is 3.24. The minimum absolute atomic E-state index is 0.355. The molecule has 0 radical (unpaired) electrons. The van der Waals surface area contributed by atoms with Crippen molar-refractivity contribution in [3.63, 3.8) is 0 Å². The quantitative estimate of drug-likeness (QED) is 0.881. The zero-order valence-electron chi connectivity index (χ0n) is 9.17. The molecule has 1 aromatic carbocycles. The Morgan fingerprint density at radius 1 is 1.24 bits per heavy atom. The van der Waals surface area contributed by atoms with Gasteiger partial charge in [0.25, 0.3) is 0 Å². The molecule has 90 valence electrons. The van der Waals surface area contributed by atoms with E-state index in [-0.39, 0.29) is 0 Å². The summed E-state index contributed by atoms with van der Waals surface area (Å²) in [4.78, 5) is 10.5. The minimum Gasteiger partial charge on any atom is -0.478 e. The van der Waals surface area contributed by atoms with E-state index in [1.54, 1.807) is 30.7 Å². The van der Waals surface area contributed by atoms with Gasteiger partial charge in [-0.25, -0.2) is 4.79 Å². The maximum atomic E-state index is 10.5. The first kappa shape index (κ1) is 13.5. The van der Waals surface area contributed by atoms with Crippen molar-refractivity contribution >= 4 is 21.9 Å². The Kier molecular flexibility index (Phi) is 6.10. The van der Waals surface area contributed by atoms with Crippen LogP contribution < -0.4 is 0 Å². The number of aromatic carboxylic acids is 1. The average molecular weight is 297 g/mol. The summed E-state index contributed by atoms with van der Waals surface area (Å²) >= 11 is 3.30. The highest BCUT2D eigenvalue weighted by molar-refractivity contribution is 9.09. The molecule has 1 heterocycles. The average Bonchev–Trinajstić information content (AvgIpc) is 2.88. The second-order valence-corrected chi connectivity index (χ2v) is 4.03. The number of alkyl halides is 1. The van der Waals surface area contributed by atoms with Gasteiger partial charge < -0.3 is 9.52 Å². The molecule has 3 nitrogen and oxygen atoms in total. The molecule has 0 fully saturated rings. The predicted molar refractivity (Wildman–Crippen MR) is 69.6 cm³/mol. The summed E-state index contributed by atoms with van der Waals surface area (Å²) < 4.78 is 4.58. The molecule has 0 atom stereocenters. The van der Waals surface area contributed by atoms with Crippen LogP contribution in [0.5, 0.6) is 0 Å². The van der Waals surface area contributed by atoms with Crippen molar-refractivity contribution in [3.8, 4) is 0 Å².